The summed E-state index contributed by atoms with van der Waals surface area (Å²) in [4.78, 5) is 27.9. The first-order valence-electron chi connectivity index (χ1n) is 7.94. The van der Waals surface area contributed by atoms with Crippen molar-refractivity contribution in [3.8, 4) is 0 Å². The van der Waals surface area contributed by atoms with Crippen molar-refractivity contribution in [2.45, 2.75) is 19.0 Å². The first-order chi connectivity index (χ1) is 11.3. The topological polar surface area (TPSA) is 40.6 Å². The Morgan fingerprint density at radius 2 is 2.04 bits per heavy atom. The van der Waals surface area contributed by atoms with Gasteiger partial charge in [-0.2, -0.15) is 13.2 Å². The Morgan fingerprint density at radius 3 is 2.75 bits per heavy atom. The molecule has 2 atom stereocenters. The summed E-state index contributed by atoms with van der Waals surface area (Å²) < 4.78 is 38.2. The highest BCUT2D eigenvalue weighted by Crippen LogP contribution is 2.32. The van der Waals surface area contributed by atoms with Gasteiger partial charge in [-0.3, -0.25) is 9.59 Å². The zero-order chi connectivity index (χ0) is 17.5. The van der Waals surface area contributed by atoms with Crippen LogP contribution in [0.3, 0.4) is 0 Å². The summed E-state index contributed by atoms with van der Waals surface area (Å²) in [5.74, 6) is -0.173. The fourth-order valence-electron chi connectivity index (χ4n) is 3.54. The second-order valence-electron chi connectivity index (χ2n) is 6.59. The number of likely N-dealkylation sites (tertiary alicyclic amines) is 2. The molecule has 1 aromatic rings. The highest BCUT2D eigenvalue weighted by Gasteiger charge is 2.43. The molecule has 130 valence electrons. The molecular formula is C17H19F3N2O2. The molecular weight excluding hydrogens is 321 g/mol. The lowest BCUT2D eigenvalue weighted by Gasteiger charge is -2.30. The van der Waals surface area contributed by atoms with E-state index in [0.717, 1.165) is 18.6 Å². The SMILES string of the molecule is CN1CC[C@@H]2CN(C(=O)Cc3cccc(C(F)(F)F)c3)C[C@@H]2C1=O. The van der Waals surface area contributed by atoms with Crippen LogP contribution in [0.5, 0.6) is 0 Å². The molecule has 2 saturated heterocycles. The number of amides is 2. The number of nitrogens with zero attached hydrogens (tertiary/aromatic N) is 2. The minimum Gasteiger partial charge on any atom is -0.345 e. The molecule has 2 fully saturated rings. The molecule has 4 nitrogen and oxygen atoms in total. The number of benzene rings is 1. The average molecular weight is 340 g/mol. The fourth-order valence-corrected chi connectivity index (χ4v) is 3.54. The van der Waals surface area contributed by atoms with Crippen molar-refractivity contribution in [1.29, 1.82) is 0 Å². The second kappa shape index (κ2) is 6.11. The van der Waals surface area contributed by atoms with E-state index in [4.69, 9.17) is 0 Å². The van der Waals surface area contributed by atoms with Gasteiger partial charge in [0.1, 0.15) is 0 Å². The van der Waals surface area contributed by atoms with Crippen LogP contribution in [-0.4, -0.2) is 48.3 Å². The van der Waals surface area contributed by atoms with Crippen molar-refractivity contribution in [3.05, 3.63) is 35.4 Å². The second-order valence-corrected chi connectivity index (χ2v) is 6.59. The van der Waals surface area contributed by atoms with Crippen molar-refractivity contribution in [1.82, 2.24) is 9.80 Å². The van der Waals surface area contributed by atoms with E-state index in [1.165, 1.54) is 12.1 Å². The maximum Gasteiger partial charge on any atom is 0.416 e. The minimum absolute atomic E-state index is 0.0561. The van der Waals surface area contributed by atoms with Crippen LogP contribution in [0.15, 0.2) is 24.3 Å². The molecule has 0 saturated carbocycles. The third-order valence-corrected chi connectivity index (χ3v) is 4.93. The Balaban J connectivity index is 1.67. The molecule has 24 heavy (non-hydrogen) atoms. The third kappa shape index (κ3) is 3.25. The predicted molar refractivity (Wildman–Crippen MR) is 81.0 cm³/mol. The standard InChI is InChI=1S/C17H19F3N2O2/c1-21-6-5-12-9-22(10-14(12)16(21)24)15(23)8-11-3-2-4-13(7-11)17(18,19)20/h2-4,7,12,14H,5-6,8-10H2,1H3/t12-,14+/m1/s1. The number of hydrogen-bond donors (Lipinski definition) is 0. The summed E-state index contributed by atoms with van der Waals surface area (Å²) in [6.45, 7) is 1.57. The summed E-state index contributed by atoms with van der Waals surface area (Å²) in [5.41, 5.74) is -0.409. The Morgan fingerprint density at radius 1 is 1.29 bits per heavy atom. The van der Waals surface area contributed by atoms with Crippen LogP contribution in [-0.2, 0) is 22.2 Å². The van der Waals surface area contributed by atoms with Crippen molar-refractivity contribution in [2.24, 2.45) is 11.8 Å². The van der Waals surface area contributed by atoms with Crippen molar-refractivity contribution >= 4 is 11.8 Å². The monoisotopic (exact) mass is 340 g/mol. The van der Waals surface area contributed by atoms with Gasteiger partial charge in [0.25, 0.3) is 0 Å². The molecule has 2 heterocycles. The normalized spacial score (nSPS) is 24.2. The molecule has 0 bridgehead atoms. The Bertz CT molecular complexity index is 659. The van der Waals surface area contributed by atoms with Crippen LogP contribution in [0.25, 0.3) is 0 Å². The zero-order valence-electron chi connectivity index (χ0n) is 13.3. The van der Waals surface area contributed by atoms with Crippen molar-refractivity contribution < 1.29 is 22.8 Å². The predicted octanol–water partition coefficient (Wildman–Crippen LogP) is 2.18. The van der Waals surface area contributed by atoms with E-state index in [9.17, 15) is 22.8 Å². The van der Waals surface area contributed by atoms with E-state index in [1.54, 1.807) is 16.8 Å². The summed E-state index contributed by atoms with van der Waals surface area (Å²) in [6.07, 6.45) is -3.63. The molecule has 0 spiro atoms. The van der Waals surface area contributed by atoms with Crippen LogP contribution in [0.1, 0.15) is 17.5 Å². The molecule has 7 heteroatoms. The number of halogens is 3. The smallest absolute Gasteiger partial charge is 0.345 e. The van der Waals surface area contributed by atoms with E-state index in [1.807, 2.05) is 0 Å². The molecule has 0 unspecified atom stereocenters. The Hall–Kier alpha value is -2.05. The van der Waals surface area contributed by atoms with Gasteiger partial charge in [-0.05, 0) is 24.0 Å². The quantitative estimate of drug-likeness (QED) is 0.828. The maximum absolute atomic E-state index is 12.7. The summed E-state index contributed by atoms with van der Waals surface area (Å²) in [6, 6.07) is 4.84. The molecule has 0 aliphatic carbocycles. The lowest BCUT2D eigenvalue weighted by Crippen LogP contribution is -2.42. The van der Waals surface area contributed by atoms with Gasteiger partial charge in [-0.15, -0.1) is 0 Å². The molecule has 2 amide bonds. The van der Waals surface area contributed by atoms with E-state index in [0.29, 0.717) is 25.2 Å². The van der Waals surface area contributed by atoms with Gasteiger partial charge in [0.2, 0.25) is 11.8 Å². The van der Waals surface area contributed by atoms with E-state index < -0.39 is 11.7 Å². The number of rotatable bonds is 2. The number of hydrogen-bond acceptors (Lipinski definition) is 2. The van der Waals surface area contributed by atoms with Crippen molar-refractivity contribution in [2.75, 3.05) is 26.7 Å². The third-order valence-electron chi connectivity index (χ3n) is 4.93. The van der Waals surface area contributed by atoms with Gasteiger partial charge in [-0.1, -0.05) is 18.2 Å². The number of piperidine rings is 1. The van der Waals surface area contributed by atoms with E-state index in [-0.39, 0.29) is 30.1 Å². The number of carbonyl (C=O) groups is 2. The molecule has 0 radical (unpaired) electrons. The zero-order valence-corrected chi connectivity index (χ0v) is 13.3. The maximum atomic E-state index is 12.7. The lowest BCUT2D eigenvalue weighted by molar-refractivity contribution is -0.139. The molecule has 1 aromatic carbocycles. The van der Waals surface area contributed by atoms with Crippen LogP contribution < -0.4 is 0 Å². The molecule has 0 aromatic heterocycles. The first-order valence-corrected chi connectivity index (χ1v) is 7.94. The minimum atomic E-state index is -4.42. The summed E-state index contributed by atoms with van der Waals surface area (Å²) in [5, 5.41) is 0. The van der Waals surface area contributed by atoms with Gasteiger partial charge in [0.05, 0.1) is 17.9 Å². The lowest BCUT2D eigenvalue weighted by atomic mass is 9.88. The highest BCUT2D eigenvalue weighted by atomic mass is 19.4. The van der Waals surface area contributed by atoms with Gasteiger partial charge >= 0.3 is 6.18 Å². The largest absolute Gasteiger partial charge is 0.416 e. The van der Waals surface area contributed by atoms with Gasteiger partial charge in [-0.25, -0.2) is 0 Å². The highest BCUT2D eigenvalue weighted by molar-refractivity contribution is 5.84. The van der Waals surface area contributed by atoms with Gasteiger partial charge in [0.15, 0.2) is 0 Å². The van der Waals surface area contributed by atoms with Crippen LogP contribution in [0, 0.1) is 11.8 Å². The van der Waals surface area contributed by atoms with Gasteiger partial charge < -0.3 is 9.80 Å². The van der Waals surface area contributed by atoms with E-state index >= 15 is 0 Å². The summed E-state index contributed by atoms with van der Waals surface area (Å²) >= 11 is 0. The van der Waals surface area contributed by atoms with E-state index in [2.05, 4.69) is 0 Å². The number of carbonyl (C=O) groups excluding carboxylic acids is 2. The number of fused-ring (bicyclic) bond motifs is 1. The molecule has 3 rings (SSSR count). The fraction of sp³-hybridized carbons (Fsp3) is 0.529. The van der Waals surface area contributed by atoms with Crippen LogP contribution >= 0.6 is 0 Å². The first kappa shape index (κ1) is 16.8. The van der Waals surface area contributed by atoms with Gasteiger partial charge in [0, 0.05) is 26.7 Å². The molecule has 2 aliphatic rings. The van der Waals surface area contributed by atoms with Crippen molar-refractivity contribution in [3.63, 3.8) is 0 Å². The Kier molecular flexibility index (Phi) is 4.27. The molecule has 0 N–H and O–H groups in total. The molecule has 2 aliphatic heterocycles. The summed E-state index contributed by atoms with van der Waals surface area (Å²) in [7, 11) is 1.76. The Labute approximate surface area is 138 Å². The average Bonchev–Trinajstić information content (AvgIpc) is 2.95. The number of alkyl halides is 3. The van der Waals surface area contributed by atoms with Crippen LogP contribution in [0.4, 0.5) is 13.2 Å². The van der Waals surface area contributed by atoms with Crippen LogP contribution in [0.2, 0.25) is 0 Å².